The van der Waals surface area contributed by atoms with E-state index < -0.39 is 12.1 Å². The lowest BCUT2D eigenvalue weighted by Gasteiger charge is -2.72. The first kappa shape index (κ1) is 39.3. The molecule has 4 saturated carbocycles. The van der Waals surface area contributed by atoms with Crippen LogP contribution >= 0.6 is 0 Å². The van der Waals surface area contributed by atoms with E-state index in [1.807, 2.05) is 30.3 Å². The summed E-state index contributed by atoms with van der Waals surface area (Å²) in [4.78, 5) is 13.3. The van der Waals surface area contributed by atoms with Crippen LogP contribution in [-0.4, -0.2) is 24.7 Å². The lowest BCUT2D eigenvalue weighted by atomic mass is 9.32. The van der Waals surface area contributed by atoms with E-state index >= 15 is 0 Å². The van der Waals surface area contributed by atoms with Gasteiger partial charge in [-0.2, -0.15) is 0 Å². The normalized spacial score (nSPS) is 41.8. The number of alkyl halides is 1. The molecule has 0 heterocycles. The second-order valence-corrected chi connectivity index (χ2v) is 21.4. The maximum atomic E-state index is 14.7. The number of hydrogen-bond donors (Lipinski definition) is 1. The zero-order valence-electron chi connectivity index (χ0n) is 35.1. The van der Waals surface area contributed by atoms with Crippen molar-refractivity contribution >= 4 is 5.97 Å². The summed E-state index contributed by atoms with van der Waals surface area (Å²) in [6.07, 6.45) is 19.9. The number of rotatable bonds is 10. The maximum Gasteiger partial charge on any atom is 0.315 e. The van der Waals surface area contributed by atoms with Gasteiger partial charge in [0.05, 0.1) is 5.41 Å². The molecular formula is C49H74FNO2. The number of allylic oxidation sites excluding steroid dienone is 4. The predicted octanol–water partition coefficient (Wildman–Crippen LogP) is 12.5. The van der Waals surface area contributed by atoms with Gasteiger partial charge in [-0.1, -0.05) is 105 Å². The summed E-state index contributed by atoms with van der Waals surface area (Å²) in [5, 5.41) is 4.32. The Hall–Kier alpha value is -1.94. The first-order valence-electron chi connectivity index (χ1n) is 22.0. The van der Waals surface area contributed by atoms with Crippen molar-refractivity contribution in [2.45, 2.75) is 158 Å². The van der Waals surface area contributed by atoms with Crippen molar-refractivity contribution in [3.8, 4) is 0 Å². The topological polar surface area (TPSA) is 38.3 Å². The number of ether oxygens (including phenoxy) is 1. The molecule has 0 aliphatic heterocycles. The summed E-state index contributed by atoms with van der Waals surface area (Å²) in [7, 11) is 0. The van der Waals surface area contributed by atoms with Gasteiger partial charge < -0.3 is 10.1 Å². The minimum absolute atomic E-state index is 0.0394. The number of carbonyl (C=O) groups excluding carboxylic acids is 1. The molecule has 4 fully saturated rings. The SMILES string of the molecule is CC(C)CCN[C@]12CC[C@@H](C(C)C)[C@@H]1[C@H]1CC[C@@H]3[C@@]4(C)CC=C(C5=CC[C@](CF)(C(=O)OCc6ccccc6)CC5)C(C)(C)[C@@H]4CC[C@@]3(C)[C@]1(C)CC2. The van der Waals surface area contributed by atoms with Crippen LogP contribution in [0, 0.1) is 68.5 Å². The Kier molecular flexibility index (Phi) is 10.5. The summed E-state index contributed by atoms with van der Waals surface area (Å²) < 4.78 is 20.5. The number of nitrogens with one attached hydrogen (secondary N) is 1. The fourth-order valence-electron chi connectivity index (χ4n) is 14.8. The van der Waals surface area contributed by atoms with Crippen LogP contribution in [0.25, 0.3) is 0 Å². The van der Waals surface area contributed by atoms with Gasteiger partial charge in [0.2, 0.25) is 0 Å². The Bertz CT molecular complexity index is 1560. The number of halogens is 1. The Morgan fingerprint density at radius 1 is 0.849 bits per heavy atom. The second-order valence-electron chi connectivity index (χ2n) is 21.4. The van der Waals surface area contributed by atoms with Gasteiger partial charge in [0.15, 0.2) is 0 Å². The molecule has 0 unspecified atom stereocenters. The highest BCUT2D eigenvalue weighted by atomic mass is 19.1. The number of esters is 1. The summed E-state index contributed by atoms with van der Waals surface area (Å²) in [6.45, 7) is 23.8. The van der Waals surface area contributed by atoms with Crippen molar-refractivity contribution in [3.63, 3.8) is 0 Å². The molecule has 1 aromatic rings. The molecule has 0 aromatic heterocycles. The largest absolute Gasteiger partial charge is 0.460 e. The standard InChI is InChI=1S/C49H74FNO2/c1-33(2)22-30-51-49-27-19-37(34(3)4)42(49)39-15-16-41-45(7)23-20-38(44(5,6)40(45)21-24-47(41,9)46(39,8)28-29-49)36-17-25-48(32-50,26-18-36)43(52)53-31-35-13-11-10-12-14-35/h10-14,17,20,33-34,37,39-42,51H,15-16,18-19,21-32H2,1-9H3/t37-,39+,40-,41+,42+,45-,46+,47+,48-,49-/m0/s1. The Labute approximate surface area is 323 Å². The van der Waals surface area contributed by atoms with Crippen molar-refractivity contribution in [1.29, 1.82) is 0 Å². The molecular weight excluding hydrogens is 654 g/mol. The van der Waals surface area contributed by atoms with Gasteiger partial charge in [-0.15, -0.1) is 0 Å². The van der Waals surface area contributed by atoms with E-state index in [-0.39, 0.29) is 23.4 Å². The number of hydrogen-bond acceptors (Lipinski definition) is 3. The zero-order valence-corrected chi connectivity index (χ0v) is 35.1. The van der Waals surface area contributed by atoms with Crippen LogP contribution in [0.4, 0.5) is 4.39 Å². The Morgan fingerprint density at radius 2 is 1.60 bits per heavy atom. The molecule has 0 amide bonds. The third kappa shape index (κ3) is 6.25. The molecule has 4 heteroatoms. The first-order chi connectivity index (χ1) is 25.1. The van der Waals surface area contributed by atoms with Crippen LogP contribution in [0.1, 0.15) is 151 Å². The van der Waals surface area contributed by atoms with Crippen LogP contribution < -0.4 is 5.32 Å². The van der Waals surface area contributed by atoms with Crippen molar-refractivity contribution in [3.05, 3.63) is 59.2 Å². The predicted molar refractivity (Wildman–Crippen MR) is 217 cm³/mol. The molecule has 0 radical (unpaired) electrons. The van der Waals surface area contributed by atoms with Gasteiger partial charge in [0.1, 0.15) is 13.3 Å². The Morgan fingerprint density at radius 3 is 2.26 bits per heavy atom. The quantitative estimate of drug-likeness (QED) is 0.244. The van der Waals surface area contributed by atoms with Gasteiger partial charge in [0, 0.05) is 5.54 Å². The average molecular weight is 728 g/mol. The molecule has 7 rings (SSSR count). The van der Waals surface area contributed by atoms with E-state index in [2.05, 4.69) is 79.8 Å². The lowest BCUT2D eigenvalue weighted by molar-refractivity contribution is -0.223. The summed E-state index contributed by atoms with van der Waals surface area (Å²) in [5.74, 6) is 4.91. The second kappa shape index (κ2) is 14.2. The smallest absolute Gasteiger partial charge is 0.315 e. The molecule has 1 aromatic carbocycles. The molecule has 294 valence electrons. The molecule has 1 N–H and O–H groups in total. The van der Waals surface area contributed by atoms with Gasteiger partial charge in [0.25, 0.3) is 0 Å². The number of carbonyl (C=O) groups is 1. The molecule has 0 saturated heterocycles. The minimum Gasteiger partial charge on any atom is -0.460 e. The van der Waals surface area contributed by atoms with Crippen molar-refractivity contribution < 1.29 is 13.9 Å². The first-order valence-corrected chi connectivity index (χ1v) is 22.0. The third-order valence-corrected chi connectivity index (χ3v) is 18.0. The van der Waals surface area contributed by atoms with Crippen LogP contribution in [0.2, 0.25) is 0 Å². The zero-order chi connectivity index (χ0) is 38.0. The van der Waals surface area contributed by atoms with Crippen LogP contribution in [0.3, 0.4) is 0 Å². The highest BCUT2D eigenvalue weighted by Crippen LogP contribution is 2.76. The molecule has 6 aliphatic carbocycles. The number of benzene rings is 1. The fourth-order valence-corrected chi connectivity index (χ4v) is 14.8. The van der Waals surface area contributed by atoms with E-state index in [4.69, 9.17) is 4.74 Å². The molecule has 53 heavy (non-hydrogen) atoms. The molecule has 0 spiro atoms. The average Bonchev–Trinajstić information content (AvgIpc) is 3.51. The van der Waals surface area contributed by atoms with Gasteiger partial charge in [-0.3, -0.25) is 4.79 Å². The van der Waals surface area contributed by atoms with Crippen molar-refractivity contribution in [1.82, 2.24) is 5.32 Å². The van der Waals surface area contributed by atoms with Gasteiger partial charge in [-0.25, -0.2) is 4.39 Å². The lowest BCUT2D eigenvalue weighted by Crippen LogP contribution is -2.68. The monoisotopic (exact) mass is 728 g/mol. The van der Waals surface area contributed by atoms with Crippen LogP contribution in [-0.2, 0) is 16.1 Å². The molecule has 6 aliphatic rings. The van der Waals surface area contributed by atoms with Crippen LogP contribution in [0.5, 0.6) is 0 Å². The van der Waals surface area contributed by atoms with Crippen LogP contribution in [0.15, 0.2) is 53.6 Å². The minimum atomic E-state index is -1.07. The maximum absolute atomic E-state index is 14.7. The van der Waals surface area contributed by atoms with E-state index in [1.54, 1.807) is 0 Å². The van der Waals surface area contributed by atoms with E-state index in [0.29, 0.717) is 35.1 Å². The van der Waals surface area contributed by atoms with Gasteiger partial charge >= 0.3 is 5.97 Å². The summed E-state index contributed by atoms with van der Waals surface area (Å²) >= 11 is 0. The molecule has 3 nitrogen and oxygen atoms in total. The van der Waals surface area contributed by atoms with E-state index in [1.165, 1.54) is 75.5 Å². The Balaban J connectivity index is 1.12. The fraction of sp³-hybridized carbons (Fsp3) is 0.776. The van der Waals surface area contributed by atoms with Gasteiger partial charge in [-0.05, 0) is 170 Å². The molecule has 0 bridgehead atoms. The number of fused-ring (bicyclic) bond motifs is 7. The van der Waals surface area contributed by atoms with Crippen molar-refractivity contribution in [2.24, 2.45) is 68.5 Å². The molecule has 10 atom stereocenters. The summed E-state index contributed by atoms with van der Waals surface area (Å²) in [6, 6.07) is 9.73. The highest BCUT2D eigenvalue weighted by Gasteiger charge is 2.70. The van der Waals surface area contributed by atoms with E-state index in [0.717, 1.165) is 53.9 Å². The third-order valence-electron chi connectivity index (χ3n) is 18.0. The highest BCUT2D eigenvalue weighted by molar-refractivity contribution is 5.78. The van der Waals surface area contributed by atoms with Crippen molar-refractivity contribution in [2.75, 3.05) is 13.2 Å². The summed E-state index contributed by atoms with van der Waals surface area (Å²) in [5.41, 5.74) is 4.08. The van der Waals surface area contributed by atoms with E-state index in [9.17, 15) is 9.18 Å².